The van der Waals surface area contributed by atoms with E-state index in [0.717, 1.165) is 17.1 Å². The number of hydrogen-bond donors (Lipinski definition) is 2. The third-order valence-corrected chi connectivity index (χ3v) is 2.08. The molecule has 0 radical (unpaired) electrons. The van der Waals surface area contributed by atoms with E-state index in [1.165, 1.54) is 0 Å². The number of hydrogen-bond acceptors (Lipinski definition) is 3. The fourth-order valence-electron chi connectivity index (χ4n) is 1.37. The highest BCUT2D eigenvalue weighted by molar-refractivity contribution is 5.76. The highest BCUT2D eigenvalue weighted by Gasteiger charge is 2.06. The first-order valence-corrected chi connectivity index (χ1v) is 4.38. The molecular weight excluding hydrogens is 176 g/mol. The molecule has 2 rings (SSSR count). The van der Waals surface area contributed by atoms with Gasteiger partial charge in [-0.2, -0.15) is 0 Å². The normalized spacial score (nSPS) is 10.4. The van der Waals surface area contributed by atoms with Gasteiger partial charge >= 0.3 is 0 Å². The van der Waals surface area contributed by atoms with Gasteiger partial charge in [0.1, 0.15) is 11.5 Å². The molecule has 0 saturated heterocycles. The number of furan rings is 1. The van der Waals surface area contributed by atoms with Crippen molar-refractivity contribution in [2.75, 3.05) is 11.5 Å². The first-order valence-electron chi connectivity index (χ1n) is 4.38. The summed E-state index contributed by atoms with van der Waals surface area (Å²) in [7, 11) is 0. The molecule has 0 unspecified atom stereocenters. The predicted octanol–water partition coefficient (Wildman–Crippen LogP) is 2.42. The van der Waals surface area contributed by atoms with E-state index in [2.05, 4.69) is 0 Å². The van der Waals surface area contributed by atoms with Gasteiger partial charge in [-0.1, -0.05) is 0 Å². The summed E-state index contributed by atoms with van der Waals surface area (Å²) in [5, 5.41) is 0. The van der Waals surface area contributed by atoms with Crippen molar-refractivity contribution in [3.05, 3.63) is 36.1 Å². The minimum atomic E-state index is 0.675. The fourth-order valence-corrected chi connectivity index (χ4v) is 1.37. The maximum Gasteiger partial charge on any atom is 0.136 e. The summed E-state index contributed by atoms with van der Waals surface area (Å²) in [6, 6.07) is 9.16. The van der Waals surface area contributed by atoms with E-state index >= 15 is 0 Å². The van der Waals surface area contributed by atoms with Crippen molar-refractivity contribution < 1.29 is 4.42 Å². The van der Waals surface area contributed by atoms with Crippen molar-refractivity contribution in [3.63, 3.8) is 0 Å². The maximum atomic E-state index is 5.82. The summed E-state index contributed by atoms with van der Waals surface area (Å²) in [6.07, 6.45) is 0. The molecule has 0 fully saturated rings. The Balaban J connectivity index is 2.55. The van der Waals surface area contributed by atoms with Crippen LogP contribution in [-0.4, -0.2) is 0 Å². The van der Waals surface area contributed by atoms with Gasteiger partial charge in [0.15, 0.2) is 0 Å². The lowest BCUT2D eigenvalue weighted by molar-refractivity contribution is 0.548. The van der Waals surface area contributed by atoms with Gasteiger partial charge in [0.05, 0.1) is 0 Å². The van der Waals surface area contributed by atoms with Crippen LogP contribution in [0.15, 0.2) is 34.7 Å². The van der Waals surface area contributed by atoms with Crippen LogP contribution in [0.4, 0.5) is 11.4 Å². The van der Waals surface area contributed by atoms with Crippen LogP contribution >= 0.6 is 0 Å². The summed E-state index contributed by atoms with van der Waals surface area (Å²) in [5.74, 6) is 1.62. The van der Waals surface area contributed by atoms with Crippen LogP contribution in [0.3, 0.4) is 0 Å². The second-order valence-electron chi connectivity index (χ2n) is 3.26. The van der Waals surface area contributed by atoms with Crippen molar-refractivity contribution >= 4 is 11.4 Å². The Labute approximate surface area is 82.3 Å². The second-order valence-corrected chi connectivity index (χ2v) is 3.26. The maximum absolute atomic E-state index is 5.82. The summed E-state index contributed by atoms with van der Waals surface area (Å²) in [6.45, 7) is 1.89. The van der Waals surface area contributed by atoms with Crippen molar-refractivity contribution in [1.29, 1.82) is 0 Å². The highest BCUT2D eigenvalue weighted by Crippen LogP contribution is 2.29. The summed E-state index contributed by atoms with van der Waals surface area (Å²) < 4.78 is 5.47. The molecule has 3 heteroatoms. The Morgan fingerprint density at radius 2 is 1.86 bits per heavy atom. The van der Waals surface area contributed by atoms with Crippen LogP contribution in [0.1, 0.15) is 5.76 Å². The van der Waals surface area contributed by atoms with Gasteiger partial charge in [0, 0.05) is 16.9 Å². The van der Waals surface area contributed by atoms with Crippen molar-refractivity contribution in [3.8, 4) is 11.3 Å². The van der Waals surface area contributed by atoms with Gasteiger partial charge < -0.3 is 15.9 Å². The van der Waals surface area contributed by atoms with Gasteiger partial charge in [0.25, 0.3) is 0 Å². The van der Waals surface area contributed by atoms with E-state index in [1.807, 2.05) is 25.1 Å². The Morgan fingerprint density at radius 1 is 1.07 bits per heavy atom. The molecule has 0 aliphatic heterocycles. The first kappa shape index (κ1) is 8.69. The lowest BCUT2D eigenvalue weighted by Gasteiger charge is -2.03. The van der Waals surface area contributed by atoms with Crippen LogP contribution in [0, 0.1) is 6.92 Å². The van der Waals surface area contributed by atoms with E-state index in [0.29, 0.717) is 11.4 Å². The molecule has 0 bridgehead atoms. The van der Waals surface area contributed by atoms with Crippen LogP contribution in [0.2, 0.25) is 0 Å². The largest absolute Gasteiger partial charge is 0.461 e. The first-order chi connectivity index (χ1) is 6.66. The molecule has 1 aromatic heterocycles. The highest BCUT2D eigenvalue weighted by atomic mass is 16.3. The number of rotatable bonds is 1. The number of anilines is 2. The lowest BCUT2D eigenvalue weighted by Crippen LogP contribution is -1.91. The lowest BCUT2D eigenvalue weighted by atomic mass is 10.1. The van der Waals surface area contributed by atoms with Gasteiger partial charge in [0.2, 0.25) is 0 Å². The van der Waals surface area contributed by atoms with Crippen LogP contribution < -0.4 is 11.5 Å². The van der Waals surface area contributed by atoms with E-state index in [4.69, 9.17) is 15.9 Å². The SMILES string of the molecule is Cc1ccc(-c2cc(N)ccc2N)o1. The Kier molecular flexibility index (Phi) is 1.93. The molecule has 14 heavy (non-hydrogen) atoms. The summed E-state index contributed by atoms with van der Waals surface area (Å²) in [5.41, 5.74) is 13.7. The second kappa shape index (κ2) is 3.10. The Hall–Kier alpha value is -1.90. The minimum Gasteiger partial charge on any atom is -0.461 e. The summed E-state index contributed by atoms with van der Waals surface area (Å²) in [4.78, 5) is 0. The quantitative estimate of drug-likeness (QED) is 0.675. The Bertz CT molecular complexity index is 460. The fraction of sp³-hybridized carbons (Fsp3) is 0.0909. The number of nitrogens with two attached hydrogens (primary N) is 2. The molecular formula is C11H12N2O. The molecule has 0 amide bonds. The average molecular weight is 188 g/mol. The molecule has 0 aliphatic carbocycles. The van der Waals surface area contributed by atoms with Gasteiger partial charge in [-0.3, -0.25) is 0 Å². The van der Waals surface area contributed by atoms with E-state index in [1.54, 1.807) is 12.1 Å². The smallest absolute Gasteiger partial charge is 0.136 e. The Morgan fingerprint density at radius 3 is 2.50 bits per heavy atom. The van der Waals surface area contributed by atoms with Crippen molar-refractivity contribution in [1.82, 2.24) is 0 Å². The average Bonchev–Trinajstić information content (AvgIpc) is 2.56. The molecule has 0 spiro atoms. The standard InChI is InChI=1S/C11H12N2O/c1-7-2-5-11(14-7)9-6-8(12)3-4-10(9)13/h2-6H,12-13H2,1H3. The van der Waals surface area contributed by atoms with Gasteiger partial charge in [-0.05, 0) is 37.3 Å². The molecule has 72 valence electrons. The topological polar surface area (TPSA) is 65.2 Å². The molecule has 0 saturated carbocycles. The zero-order valence-electron chi connectivity index (χ0n) is 7.95. The molecule has 2 aromatic rings. The van der Waals surface area contributed by atoms with Crippen molar-refractivity contribution in [2.24, 2.45) is 0 Å². The minimum absolute atomic E-state index is 0.675. The van der Waals surface area contributed by atoms with Gasteiger partial charge in [-0.15, -0.1) is 0 Å². The van der Waals surface area contributed by atoms with Crippen LogP contribution in [0.5, 0.6) is 0 Å². The summed E-state index contributed by atoms with van der Waals surface area (Å²) >= 11 is 0. The monoisotopic (exact) mass is 188 g/mol. The molecule has 4 N–H and O–H groups in total. The molecule has 0 atom stereocenters. The number of nitrogen functional groups attached to an aromatic ring is 2. The van der Waals surface area contributed by atoms with E-state index < -0.39 is 0 Å². The molecule has 0 aliphatic rings. The number of aryl methyl sites for hydroxylation is 1. The molecule has 3 nitrogen and oxygen atoms in total. The van der Waals surface area contributed by atoms with Crippen molar-refractivity contribution in [2.45, 2.75) is 6.92 Å². The molecule has 1 heterocycles. The van der Waals surface area contributed by atoms with E-state index in [-0.39, 0.29) is 0 Å². The third kappa shape index (κ3) is 1.44. The zero-order valence-corrected chi connectivity index (χ0v) is 7.95. The predicted molar refractivity (Wildman–Crippen MR) is 57.7 cm³/mol. The van der Waals surface area contributed by atoms with Gasteiger partial charge in [-0.25, -0.2) is 0 Å². The van der Waals surface area contributed by atoms with Crippen LogP contribution in [-0.2, 0) is 0 Å². The third-order valence-electron chi connectivity index (χ3n) is 2.08. The van der Waals surface area contributed by atoms with E-state index in [9.17, 15) is 0 Å². The van der Waals surface area contributed by atoms with Crippen LogP contribution in [0.25, 0.3) is 11.3 Å². The number of benzene rings is 1. The molecule has 1 aromatic carbocycles. The zero-order chi connectivity index (χ0) is 10.1.